The van der Waals surface area contributed by atoms with Gasteiger partial charge in [-0.1, -0.05) is 12.1 Å². The van der Waals surface area contributed by atoms with Crippen molar-refractivity contribution in [3.05, 3.63) is 46.2 Å². The third-order valence-electron chi connectivity index (χ3n) is 4.45. The van der Waals surface area contributed by atoms with Gasteiger partial charge in [0.2, 0.25) is 5.91 Å². The number of aromatic nitrogens is 2. The molecule has 128 valence electrons. The summed E-state index contributed by atoms with van der Waals surface area (Å²) in [4.78, 5) is 36.9. The lowest BCUT2D eigenvalue weighted by molar-refractivity contribution is -0.143. The molecular weight excluding hydrogens is 326 g/mol. The standard InChI is InChI=1S/C17H15N3O5/c21-14-7-10-9-25-13-4-2-1-3-11(13)16(10)18-20(14)12-5-6-19(17(12)24)8-15(22)23/h1-4,7,12H,5-6,8-9H2,(H,22,23). The van der Waals surface area contributed by atoms with Gasteiger partial charge in [0.25, 0.3) is 5.56 Å². The van der Waals surface area contributed by atoms with Gasteiger partial charge in [-0.05, 0) is 18.6 Å². The van der Waals surface area contributed by atoms with Crippen LogP contribution in [0.5, 0.6) is 5.75 Å². The number of aliphatic carboxylic acids is 1. The number of rotatable bonds is 3. The number of fused-ring (bicyclic) bond motifs is 3. The van der Waals surface area contributed by atoms with E-state index >= 15 is 0 Å². The van der Waals surface area contributed by atoms with Crippen molar-refractivity contribution >= 4 is 11.9 Å². The van der Waals surface area contributed by atoms with E-state index in [2.05, 4.69) is 5.10 Å². The van der Waals surface area contributed by atoms with Crippen LogP contribution in [-0.2, 0) is 16.2 Å². The summed E-state index contributed by atoms with van der Waals surface area (Å²) < 4.78 is 6.80. The van der Waals surface area contributed by atoms with Crippen molar-refractivity contribution in [3.8, 4) is 17.0 Å². The second-order valence-electron chi connectivity index (χ2n) is 6.04. The average Bonchev–Trinajstić information content (AvgIpc) is 2.94. The molecule has 1 fully saturated rings. The van der Waals surface area contributed by atoms with E-state index in [0.717, 1.165) is 5.56 Å². The zero-order chi connectivity index (χ0) is 17.6. The van der Waals surface area contributed by atoms with Crippen LogP contribution in [0.25, 0.3) is 11.3 Å². The molecular formula is C17H15N3O5. The van der Waals surface area contributed by atoms with Crippen LogP contribution in [0.2, 0.25) is 0 Å². The van der Waals surface area contributed by atoms with E-state index in [0.29, 0.717) is 30.0 Å². The molecule has 8 heteroatoms. The molecule has 0 bridgehead atoms. The van der Waals surface area contributed by atoms with Gasteiger partial charge in [-0.3, -0.25) is 14.4 Å². The minimum absolute atomic E-state index is 0.249. The Morgan fingerprint density at radius 2 is 2.12 bits per heavy atom. The van der Waals surface area contributed by atoms with Crippen LogP contribution in [-0.4, -0.2) is 44.8 Å². The van der Waals surface area contributed by atoms with Gasteiger partial charge >= 0.3 is 5.97 Å². The number of benzene rings is 1. The number of carboxylic acids is 1. The molecule has 0 radical (unpaired) electrons. The first kappa shape index (κ1) is 15.4. The third kappa shape index (κ3) is 2.55. The highest BCUT2D eigenvalue weighted by molar-refractivity contribution is 5.86. The van der Waals surface area contributed by atoms with Crippen LogP contribution in [0.4, 0.5) is 0 Å². The molecule has 2 aliphatic rings. The van der Waals surface area contributed by atoms with E-state index in [1.807, 2.05) is 24.3 Å². The Morgan fingerprint density at radius 3 is 2.92 bits per heavy atom. The van der Waals surface area contributed by atoms with Crippen LogP contribution < -0.4 is 10.3 Å². The average molecular weight is 341 g/mol. The Bertz CT molecular complexity index is 936. The number of nitrogens with zero attached hydrogens (tertiary/aromatic N) is 3. The minimum atomic E-state index is -1.08. The number of likely N-dealkylation sites (tertiary alicyclic amines) is 1. The number of carbonyl (C=O) groups excluding carboxylic acids is 1. The molecule has 8 nitrogen and oxygen atoms in total. The van der Waals surface area contributed by atoms with Crippen LogP contribution in [0.3, 0.4) is 0 Å². The summed E-state index contributed by atoms with van der Waals surface area (Å²) in [5.41, 5.74) is 1.67. The highest BCUT2D eigenvalue weighted by Gasteiger charge is 2.36. The first-order valence-electron chi connectivity index (χ1n) is 7.90. The van der Waals surface area contributed by atoms with Crippen molar-refractivity contribution in [1.29, 1.82) is 0 Å². The van der Waals surface area contributed by atoms with Crippen LogP contribution in [0.1, 0.15) is 18.0 Å². The summed E-state index contributed by atoms with van der Waals surface area (Å²) in [6.45, 7) is 0.172. The van der Waals surface area contributed by atoms with E-state index in [4.69, 9.17) is 9.84 Å². The van der Waals surface area contributed by atoms with Gasteiger partial charge in [0.1, 0.15) is 30.6 Å². The molecule has 0 spiro atoms. The van der Waals surface area contributed by atoms with Crippen molar-refractivity contribution < 1.29 is 19.4 Å². The van der Waals surface area contributed by atoms with Gasteiger partial charge in [-0.2, -0.15) is 5.10 Å². The monoisotopic (exact) mass is 341 g/mol. The van der Waals surface area contributed by atoms with Crippen molar-refractivity contribution in [2.24, 2.45) is 0 Å². The molecule has 0 saturated carbocycles. The molecule has 1 aromatic carbocycles. The lowest BCUT2D eigenvalue weighted by Gasteiger charge is -2.21. The maximum atomic E-state index is 12.4. The van der Waals surface area contributed by atoms with Crippen LogP contribution in [0.15, 0.2) is 35.1 Å². The SMILES string of the molecule is O=C(O)CN1CCC(n2nc3c(cc2=O)COc2ccccc2-3)C1=O. The first-order chi connectivity index (χ1) is 12.0. The Balaban J connectivity index is 1.75. The number of hydrogen-bond acceptors (Lipinski definition) is 5. The Labute approximate surface area is 142 Å². The zero-order valence-corrected chi connectivity index (χ0v) is 13.2. The topological polar surface area (TPSA) is 102 Å². The molecule has 2 aromatic rings. The molecule has 1 amide bonds. The fourth-order valence-corrected chi connectivity index (χ4v) is 3.28. The van der Waals surface area contributed by atoms with Gasteiger partial charge < -0.3 is 14.7 Å². The molecule has 0 aliphatic carbocycles. The molecule has 1 N–H and O–H groups in total. The lowest BCUT2D eigenvalue weighted by Crippen LogP contribution is -2.37. The normalized spacial score (nSPS) is 18.5. The van der Waals surface area contributed by atoms with Gasteiger partial charge in [0.05, 0.1) is 0 Å². The fraction of sp³-hybridized carbons (Fsp3) is 0.294. The molecule has 1 saturated heterocycles. The Morgan fingerprint density at radius 1 is 1.32 bits per heavy atom. The number of carbonyl (C=O) groups is 2. The van der Waals surface area contributed by atoms with Crippen LogP contribution in [0, 0.1) is 0 Å². The fourth-order valence-electron chi connectivity index (χ4n) is 3.28. The number of hydrogen-bond donors (Lipinski definition) is 1. The van der Waals surface area contributed by atoms with Gasteiger partial charge in [0.15, 0.2) is 0 Å². The van der Waals surface area contributed by atoms with Gasteiger partial charge in [-0.15, -0.1) is 0 Å². The van der Waals surface area contributed by atoms with E-state index in [-0.39, 0.29) is 13.2 Å². The van der Waals surface area contributed by atoms with E-state index < -0.39 is 23.5 Å². The maximum absolute atomic E-state index is 12.4. The highest BCUT2D eigenvalue weighted by Crippen LogP contribution is 2.35. The van der Waals surface area contributed by atoms with Gasteiger partial charge in [0, 0.05) is 23.7 Å². The summed E-state index contributed by atoms with van der Waals surface area (Å²) in [5.74, 6) is -0.791. The van der Waals surface area contributed by atoms with E-state index in [1.165, 1.54) is 15.6 Å². The number of ether oxygens (including phenoxy) is 1. The Kier molecular flexibility index (Phi) is 3.52. The number of amides is 1. The highest BCUT2D eigenvalue weighted by atomic mass is 16.5. The van der Waals surface area contributed by atoms with E-state index in [1.54, 1.807) is 0 Å². The molecule has 1 unspecified atom stereocenters. The summed E-state index contributed by atoms with van der Waals surface area (Å²) in [6.07, 6.45) is 0.357. The Hall–Kier alpha value is -3.16. The third-order valence-corrected chi connectivity index (χ3v) is 4.45. The van der Waals surface area contributed by atoms with E-state index in [9.17, 15) is 14.4 Å². The summed E-state index contributed by atoms with van der Waals surface area (Å²) >= 11 is 0. The number of para-hydroxylation sites is 1. The predicted molar refractivity (Wildman–Crippen MR) is 86.1 cm³/mol. The lowest BCUT2D eigenvalue weighted by atomic mass is 10.0. The quantitative estimate of drug-likeness (QED) is 0.880. The van der Waals surface area contributed by atoms with Gasteiger partial charge in [-0.25, -0.2) is 4.68 Å². The van der Waals surface area contributed by atoms with Crippen molar-refractivity contribution in [1.82, 2.24) is 14.7 Å². The molecule has 1 atom stereocenters. The molecule has 1 aromatic heterocycles. The zero-order valence-electron chi connectivity index (χ0n) is 13.2. The largest absolute Gasteiger partial charge is 0.488 e. The molecule has 4 rings (SSSR count). The summed E-state index contributed by atoms with van der Waals surface area (Å²) in [5, 5.41) is 13.3. The molecule has 2 aliphatic heterocycles. The van der Waals surface area contributed by atoms with Crippen molar-refractivity contribution in [2.75, 3.05) is 13.1 Å². The minimum Gasteiger partial charge on any atom is -0.488 e. The molecule has 25 heavy (non-hydrogen) atoms. The second kappa shape index (κ2) is 5.73. The van der Waals surface area contributed by atoms with Crippen molar-refractivity contribution in [3.63, 3.8) is 0 Å². The predicted octanol–water partition coefficient (Wildman–Crippen LogP) is 0.661. The summed E-state index contributed by atoms with van der Waals surface area (Å²) in [6, 6.07) is 8.04. The molecule has 3 heterocycles. The van der Waals surface area contributed by atoms with Crippen LogP contribution >= 0.6 is 0 Å². The maximum Gasteiger partial charge on any atom is 0.323 e. The number of carboxylic acid groups (broad SMARTS) is 1. The first-order valence-corrected chi connectivity index (χ1v) is 7.90. The second-order valence-corrected chi connectivity index (χ2v) is 6.04. The summed E-state index contributed by atoms with van der Waals surface area (Å²) in [7, 11) is 0. The smallest absolute Gasteiger partial charge is 0.323 e. The van der Waals surface area contributed by atoms with Crippen molar-refractivity contribution in [2.45, 2.75) is 19.1 Å².